The third-order valence-corrected chi connectivity index (χ3v) is 10.4. The highest BCUT2D eigenvalue weighted by Gasteiger charge is 2.36. The van der Waals surface area contributed by atoms with Crippen LogP contribution in [-0.2, 0) is 19.6 Å². The van der Waals surface area contributed by atoms with Crippen molar-refractivity contribution in [2.45, 2.75) is 57.5 Å². The molecule has 1 aromatic heterocycles. The lowest BCUT2D eigenvalue weighted by Gasteiger charge is -2.33. The summed E-state index contributed by atoms with van der Waals surface area (Å²) in [6, 6.07) is 11.1. The highest BCUT2D eigenvalue weighted by molar-refractivity contribution is 7.89. The van der Waals surface area contributed by atoms with Crippen LogP contribution in [0.4, 0.5) is 5.13 Å². The molecule has 1 amide bonds. The smallest absolute Gasteiger partial charge is 0.243 e. The number of carbonyl (C=O) groups is 1. The first-order valence-corrected chi connectivity index (χ1v) is 14.9. The van der Waals surface area contributed by atoms with Gasteiger partial charge >= 0.3 is 0 Å². The van der Waals surface area contributed by atoms with Crippen molar-refractivity contribution in [1.29, 1.82) is 0 Å². The van der Waals surface area contributed by atoms with E-state index in [2.05, 4.69) is 19.1 Å². The number of fused-ring (bicyclic) bond motifs is 1. The maximum Gasteiger partial charge on any atom is 0.243 e. The molecule has 3 aromatic rings. The molecule has 0 radical (unpaired) electrons. The van der Waals surface area contributed by atoms with Crippen molar-refractivity contribution in [2.75, 3.05) is 31.1 Å². The molecular weight excluding hydrogens is 494 g/mol. The number of ether oxygens (including phenoxy) is 1. The Morgan fingerprint density at radius 1 is 1.06 bits per heavy atom. The van der Waals surface area contributed by atoms with Crippen LogP contribution in [-0.4, -0.2) is 56.0 Å². The number of nitrogens with zero attached hydrogens (tertiary/aromatic N) is 3. The fourth-order valence-corrected chi connectivity index (χ4v) is 7.64. The number of rotatable bonds is 6. The first-order chi connectivity index (χ1) is 17.2. The molecule has 2 aliphatic rings. The second kappa shape index (κ2) is 10.2. The molecule has 9 heteroatoms. The summed E-state index contributed by atoms with van der Waals surface area (Å²) in [6.07, 6.45) is 2.93. The lowest BCUT2D eigenvalue weighted by Crippen LogP contribution is -2.46. The van der Waals surface area contributed by atoms with Crippen LogP contribution in [0.3, 0.4) is 0 Å². The molecule has 36 heavy (non-hydrogen) atoms. The van der Waals surface area contributed by atoms with Gasteiger partial charge in [-0.1, -0.05) is 41.2 Å². The summed E-state index contributed by atoms with van der Waals surface area (Å²) in [7, 11) is -3.57. The molecule has 0 saturated carbocycles. The van der Waals surface area contributed by atoms with Crippen LogP contribution in [0.2, 0.25) is 0 Å². The normalized spacial score (nSPS) is 19.7. The number of piperidine rings is 1. The zero-order valence-corrected chi connectivity index (χ0v) is 22.7. The number of carbonyl (C=O) groups excluding carboxylic acids is 1. The molecule has 2 aromatic carbocycles. The summed E-state index contributed by atoms with van der Waals surface area (Å²) in [6.45, 7) is 7.92. The predicted octanol–water partition coefficient (Wildman–Crippen LogP) is 4.83. The number of benzene rings is 2. The zero-order chi connectivity index (χ0) is 25.4. The molecule has 7 nitrogen and oxygen atoms in total. The van der Waals surface area contributed by atoms with E-state index >= 15 is 0 Å². The van der Waals surface area contributed by atoms with E-state index in [0.717, 1.165) is 46.4 Å². The van der Waals surface area contributed by atoms with E-state index in [4.69, 9.17) is 9.72 Å². The number of anilines is 1. The van der Waals surface area contributed by atoms with E-state index in [9.17, 15) is 13.2 Å². The van der Waals surface area contributed by atoms with E-state index in [1.165, 1.54) is 4.31 Å². The molecule has 2 aliphatic heterocycles. The lowest BCUT2D eigenvalue weighted by atomic mass is 9.96. The van der Waals surface area contributed by atoms with Crippen molar-refractivity contribution in [2.24, 2.45) is 5.92 Å². The molecule has 192 valence electrons. The maximum atomic E-state index is 13.9. The van der Waals surface area contributed by atoms with E-state index in [1.807, 2.05) is 30.9 Å². The van der Waals surface area contributed by atoms with Crippen molar-refractivity contribution in [3.63, 3.8) is 0 Å². The Hall–Kier alpha value is -2.33. The topological polar surface area (TPSA) is 79.8 Å². The standard InChI is InChI=1S/C27H33N3O4S2/c1-18-6-10-23(11-7-18)36(32,33)29-14-12-21(13-15-29)26(31)30(17-22-5-4-16-34-22)27-28-24-19(2)8-9-20(3)25(24)35-27/h6-11,21-22H,4-5,12-17H2,1-3H3. The van der Waals surface area contributed by atoms with Crippen molar-refractivity contribution >= 4 is 42.6 Å². The van der Waals surface area contributed by atoms with Crippen LogP contribution in [0.1, 0.15) is 42.4 Å². The molecule has 3 heterocycles. The van der Waals surface area contributed by atoms with Crippen molar-refractivity contribution < 1.29 is 17.9 Å². The Morgan fingerprint density at radius 3 is 2.39 bits per heavy atom. The van der Waals surface area contributed by atoms with Gasteiger partial charge in [-0.25, -0.2) is 13.4 Å². The van der Waals surface area contributed by atoms with Crippen LogP contribution in [0.5, 0.6) is 0 Å². The van der Waals surface area contributed by atoms with E-state index in [0.29, 0.717) is 42.5 Å². The van der Waals surface area contributed by atoms with Crippen molar-refractivity contribution in [3.05, 3.63) is 53.1 Å². The van der Waals surface area contributed by atoms with Crippen LogP contribution in [0, 0.1) is 26.7 Å². The van der Waals surface area contributed by atoms with Crippen LogP contribution in [0.25, 0.3) is 10.2 Å². The van der Waals surface area contributed by atoms with Gasteiger partial charge in [0.2, 0.25) is 15.9 Å². The molecule has 2 saturated heterocycles. The summed E-state index contributed by atoms with van der Waals surface area (Å²) < 4.78 is 34.8. The molecule has 0 aliphatic carbocycles. The number of hydrogen-bond acceptors (Lipinski definition) is 6. The number of aryl methyl sites for hydroxylation is 3. The molecule has 0 bridgehead atoms. The van der Waals surface area contributed by atoms with Gasteiger partial charge in [0.1, 0.15) is 0 Å². The molecule has 0 spiro atoms. The van der Waals surface area contributed by atoms with Crippen LogP contribution < -0.4 is 4.90 Å². The summed E-state index contributed by atoms with van der Waals surface area (Å²) in [5.74, 6) is -0.225. The van der Waals surface area contributed by atoms with Gasteiger partial charge < -0.3 is 4.74 Å². The van der Waals surface area contributed by atoms with Crippen molar-refractivity contribution in [1.82, 2.24) is 9.29 Å². The number of sulfonamides is 1. The van der Waals surface area contributed by atoms with Gasteiger partial charge in [-0.2, -0.15) is 4.31 Å². The monoisotopic (exact) mass is 527 g/mol. The second-order valence-electron chi connectivity index (χ2n) is 9.95. The first-order valence-electron chi connectivity index (χ1n) is 12.6. The highest BCUT2D eigenvalue weighted by atomic mass is 32.2. The molecule has 0 N–H and O–H groups in total. The number of thiazole rings is 1. The Labute approximate surface area is 217 Å². The predicted molar refractivity (Wildman–Crippen MR) is 143 cm³/mol. The van der Waals surface area contributed by atoms with Gasteiger partial charge in [0.25, 0.3) is 0 Å². The third kappa shape index (κ3) is 4.94. The van der Waals surface area contributed by atoms with Gasteiger partial charge in [0, 0.05) is 25.6 Å². The molecule has 1 unspecified atom stereocenters. The maximum absolute atomic E-state index is 13.9. The summed E-state index contributed by atoms with van der Waals surface area (Å²) in [5, 5.41) is 0.706. The largest absolute Gasteiger partial charge is 0.376 e. The van der Waals surface area contributed by atoms with Gasteiger partial charge in [-0.3, -0.25) is 9.69 Å². The molecule has 5 rings (SSSR count). The fourth-order valence-electron chi connectivity index (χ4n) is 5.04. The molecule has 2 fully saturated rings. The van der Waals surface area contributed by atoms with Gasteiger partial charge in [-0.15, -0.1) is 0 Å². The third-order valence-electron chi connectivity index (χ3n) is 7.30. The van der Waals surface area contributed by atoms with Gasteiger partial charge in [0.05, 0.1) is 27.8 Å². The van der Waals surface area contributed by atoms with E-state index in [1.54, 1.807) is 23.5 Å². The minimum absolute atomic E-state index is 0.00478. The van der Waals surface area contributed by atoms with E-state index in [-0.39, 0.29) is 17.9 Å². The van der Waals surface area contributed by atoms with Gasteiger partial charge in [0.15, 0.2) is 5.13 Å². The van der Waals surface area contributed by atoms with E-state index < -0.39 is 10.0 Å². The lowest BCUT2D eigenvalue weighted by molar-refractivity contribution is -0.123. The minimum atomic E-state index is -3.57. The molecular formula is C27H33N3O4S2. The van der Waals surface area contributed by atoms with Crippen LogP contribution in [0.15, 0.2) is 41.3 Å². The minimum Gasteiger partial charge on any atom is -0.376 e. The summed E-state index contributed by atoms with van der Waals surface area (Å²) >= 11 is 1.56. The number of aromatic nitrogens is 1. The fraction of sp³-hybridized carbons (Fsp3) is 0.481. The average Bonchev–Trinajstić information content (AvgIpc) is 3.56. The Bertz CT molecular complexity index is 1310. The number of hydrogen-bond donors (Lipinski definition) is 0. The average molecular weight is 528 g/mol. The molecule has 1 atom stereocenters. The SMILES string of the molecule is Cc1ccc(S(=O)(=O)N2CCC(C(=O)N(CC3CCCO3)c3nc4c(C)ccc(C)c4s3)CC2)cc1. The second-order valence-corrected chi connectivity index (χ2v) is 12.9. The van der Waals surface area contributed by atoms with Crippen LogP contribution >= 0.6 is 11.3 Å². The Kier molecular flexibility index (Phi) is 7.18. The quantitative estimate of drug-likeness (QED) is 0.459. The van der Waals surface area contributed by atoms with Gasteiger partial charge in [-0.05, 0) is 69.7 Å². The Morgan fingerprint density at radius 2 is 1.75 bits per heavy atom. The van der Waals surface area contributed by atoms with Crippen molar-refractivity contribution in [3.8, 4) is 0 Å². The highest BCUT2D eigenvalue weighted by Crippen LogP contribution is 2.35. The first kappa shape index (κ1) is 25.3. The zero-order valence-electron chi connectivity index (χ0n) is 21.1. The Balaban J connectivity index is 1.36. The summed E-state index contributed by atoms with van der Waals surface area (Å²) in [4.78, 5) is 20.9. The number of amides is 1. The summed E-state index contributed by atoms with van der Waals surface area (Å²) in [5.41, 5.74) is 4.21.